The molecule has 1 amide bonds. The van der Waals surface area contributed by atoms with Crippen molar-refractivity contribution in [3.05, 3.63) is 29.8 Å². The van der Waals surface area contributed by atoms with Gasteiger partial charge < -0.3 is 10.1 Å². The molecule has 2 atom stereocenters. The zero-order valence-electron chi connectivity index (χ0n) is 9.64. The number of nitrogens with zero attached hydrogens (tertiary/aromatic N) is 1. The summed E-state index contributed by atoms with van der Waals surface area (Å²) in [4.78, 5) is 11.9. The van der Waals surface area contributed by atoms with Gasteiger partial charge in [-0.15, -0.1) is 0 Å². The Kier molecular flexibility index (Phi) is 3.40. The third kappa shape index (κ3) is 2.63. The van der Waals surface area contributed by atoms with Crippen LogP contribution in [0.1, 0.15) is 18.9 Å². The summed E-state index contributed by atoms with van der Waals surface area (Å²) in [5, 5.41) is 11.5. The van der Waals surface area contributed by atoms with Gasteiger partial charge in [0.15, 0.2) is 0 Å². The SMILES string of the molecule is CC1CCOC1C(=O)Nc1ccc(C#N)cc1. The van der Waals surface area contributed by atoms with Crippen molar-refractivity contribution >= 4 is 11.6 Å². The van der Waals surface area contributed by atoms with Crippen LogP contribution in [0.5, 0.6) is 0 Å². The topological polar surface area (TPSA) is 62.1 Å². The van der Waals surface area contributed by atoms with E-state index >= 15 is 0 Å². The van der Waals surface area contributed by atoms with E-state index in [1.165, 1.54) is 0 Å². The van der Waals surface area contributed by atoms with E-state index in [-0.39, 0.29) is 17.9 Å². The number of benzene rings is 1. The van der Waals surface area contributed by atoms with Gasteiger partial charge >= 0.3 is 0 Å². The number of hydrogen-bond donors (Lipinski definition) is 1. The molecule has 17 heavy (non-hydrogen) atoms. The molecule has 0 saturated carbocycles. The maximum absolute atomic E-state index is 11.9. The molecule has 1 fully saturated rings. The van der Waals surface area contributed by atoms with Crippen LogP contribution in [0.25, 0.3) is 0 Å². The van der Waals surface area contributed by atoms with Gasteiger partial charge in [0.1, 0.15) is 6.10 Å². The standard InChI is InChI=1S/C13H14N2O2/c1-9-6-7-17-12(9)13(16)15-11-4-2-10(8-14)3-5-11/h2-5,9,12H,6-7H2,1H3,(H,15,16). The summed E-state index contributed by atoms with van der Waals surface area (Å²) in [5.41, 5.74) is 1.27. The number of nitriles is 1. The molecule has 2 unspecified atom stereocenters. The minimum absolute atomic E-state index is 0.111. The fourth-order valence-corrected chi connectivity index (χ4v) is 1.87. The first kappa shape index (κ1) is 11.6. The summed E-state index contributed by atoms with van der Waals surface area (Å²) < 4.78 is 5.38. The van der Waals surface area contributed by atoms with E-state index in [4.69, 9.17) is 10.00 Å². The van der Waals surface area contributed by atoms with Crippen molar-refractivity contribution in [1.29, 1.82) is 5.26 Å². The van der Waals surface area contributed by atoms with Crippen molar-refractivity contribution in [3.63, 3.8) is 0 Å². The first-order valence-corrected chi connectivity index (χ1v) is 5.63. The van der Waals surface area contributed by atoms with Gasteiger partial charge in [-0.2, -0.15) is 5.26 Å². The number of hydrogen-bond acceptors (Lipinski definition) is 3. The summed E-state index contributed by atoms with van der Waals surface area (Å²) in [6, 6.07) is 8.82. The lowest BCUT2D eigenvalue weighted by Gasteiger charge is -2.14. The van der Waals surface area contributed by atoms with Crippen LogP contribution in [0.4, 0.5) is 5.69 Å². The summed E-state index contributed by atoms with van der Waals surface area (Å²) >= 11 is 0. The highest BCUT2D eigenvalue weighted by atomic mass is 16.5. The number of carbonyl (C=O) groups is 1. The summed E-state index contributed by atoms with van der Waals surface area (Å²) in [6.45, 7) is 2.66. The highest BCUT2D eigenvalue weighted by molar-refractivity contribution is 5.94. The van der Waals surface area contributed by atoms with Crippen molar-refractivity contribution in [1.82, 2.24) is 0 Å². The minimum Gasteiger partial charge on any atom is -0.368 e. The number of ether oxygens (including phenoxy) is 1. The van der Waals surface area contributed by atoms with E-state index in [1.807, 2.05) is 13.0 Å². The average molecular weight is 230 g/mol. The Morgan fingerprint density at radius 2 is 2.18 bits per heavy atom. The molecule has 0 radical (unpaired) electrons. The molecular formula is C13H14N2O2. The molecule has 1 heterocycles. The van der Waals surface area contributed by atoms with E-state index in [1.54, 1.807) is 24.3 Å². The Bertz CT molecular complexity index is 447. The highest BCUT2D eigenvalue weighted by Crippen LogP contribution is 2.21. The van der Waals surface area contributed by atoms with Gasteiger partial charge in [0.2, 0.25) is 0 Å². The number of amides is 1. The van der Waals surface area contributed by atoms with Gasteiger partial charge in [0.05, 0.1) is 11.6 Å². The van der Waals surface area contributed by atoms with Crippen LogP contribution in [0.15, 0.2) is 24.3 Å². The van der Waals surface area contributed by atoms with Gasteiger partial charge in [-0.25, -0.2) is 0 Å². The molecular weight excluding hydrogens is 216 g/mol. The number of carbonyl (C=O) groups excluding carboxylic acids is 1. The lowest BCUT2D eigenvalue weighted by Crippen LogP contribution is -2.31. The quantitative estimate of drug-likeness (QED) is 0.844. The maximum atomic E-state index is 11.9. The Balaban J connectivity index is 2.00. The minimum atomic E-state index is -0.356. The molecule has 0 bridgehead atoms. The summed E-state index contributed by atoms with van der Waals surface area (Å²) in [5.74, 6) is 0.146. The van der Waals surface area contributed by atoms with Crippen molar-refractivity contribution in [3.8, 4) is 6.07 Å². The molecule has 0 spiro atoms. The first-order chi connectivity index (χ1) is 8.20. The number of rotatable bonds is 2. The molecule has 1 aliphatic heterocycles. The van der Waals surface area contributed by atoms with Crippen LogP contribution in [0, 0.1) is 17.2 Å². The van der Waals surface area contributed by atoms with E-state index in [0.717, 1.165) is 6.42 Å². The lowest BCUT2D eigenvalue weighted by atomic mass is 10.0. The predicted molar refractivity (Wildman–Crippen MR) is 63.3 cm³/mol. The predicted octanol–water partition coefficient (Wildman–Crippen LogP) is 1.92. The third-order valence-electron chi connectivity index (χ3n) is 2.93. The van der Waals surface area contributed by atoms with Crippen LogP contribution in [0.2, 0.25) is 0 Å². The van der Waals surface area contributed by atoms with Crippen molar-refractivity contribution in [2.45, 2.75) is 19.4 Å². The number of nitrogens with one attached hydrogen (secondary N) is 1. The van der Waals surface area contributed by atoms with Crippen LogP contribution >= 0.6 is 0 Å². The third-order valence-corrected chi connectivity index (χ3v) is 2.93. The van der Waals surface area contributed by atoms with E-state index in [0.29, 0.717) is 17.9 Å². The molecule has 1 aromatic carbocycles. The highest BCUT2D eigenvalue weighted by Gasteiger charge is 2.30. The normalized spacial score (nSPS) is 23.1. The van der Waals surface area contributed by atoms with Crippen LogP contribution in [-0.4, -0.2) is 18.6 Å². The monoisotopic (exact) mass is 230 g/mol. The lowest BCUT2D eigenvalue weighted by molar-refractivity contribution is -0.126. The fraction of sp³-hybridized carbons (Fsp3) is 0.385. The van der Waals surface area contributed by atoms with Crippen LogP contribution in [-0.2, 0) is 9.53 Å². The molecule has 1 aromatic rings. The van der Waals surface area contributed by atoms with Crippen LogP contribution < -0.4 is 5.32 Å². The average Bonchev–Trinajstić information content (AvgIpc) is 2.76. The zero-order valence-corrected chi connectivity index (χ0v) is 9.64. The second kappa shape index (κ2) is 4.98. The van der Waals surface area contributed by atoms with Crippen molar-refractivity contribution in [2.24, 2.45) is 5.92 Å². The Morgan fingerprint density at radius 3 is 2.71 bits per heavy atom. The second-order valence-electron chi connectivity index (χ2n) is 4.24. The van der Waals surface area contributed by atoms with Gasteiger partial charge in [0, 0.05) is 12.3 Å². The zero-order chi connectivity index (χ0) is 12.3. The maximum Gasteiger partial charge on any atom is 0.253 e. The number of anilines is 1. The first-order valence-electron chi connectivity index (χ1n) is 5.63. The smallest absolute Gasteiger partial charge is 0.253 e. The molecule has 2 rings (SSSR count). The fourth-order valence-electron chi connectivity index (χ4n) is 1.87. The molecule has 0 aliphatic carbocycles. The van der Waals surface area contributed by atoms with Crippen molar-refractivity contribution in [2.75, 3.05) is 11.9 Å². The summed E-state index contributed by atoms with van der Waals surface area (Å²) in [6.07, 6.45) is 0.566. The van der Waals surface area contributed by atoms with Gasteiger partial charge in [-0.3, -0.25) is 4.79 Å². The summed E-state index contributed by atoms with van der Waals surface area (Å²) in [7, 11) is 0. The van der Waals surface area contributed by atoms with Gasteiger partial charge in [0.25, 0.3) is 5.91 Å². The Morgan fingerprint density at radius 1 is 1.47 bits per heavy atom. The van der Waals surface area contributed by atoms with E-state index < -0.39 is 0 Å². The molecule has 1 saturated heterocycles. The van der Waals surface area contributed by atoms with Crippen LogP contribution in [0.3, 0.4) is 0 Å². The molecule has 88 valence electrons. The molecule has 0 aromatic heterocycles. The Hall–Kier alpha value is -1.86. The van der Waals surface area contributed by atoms with Gasteiger partial charge in [-0.05, 0) is 36.6 Å². The largest absolute Gasteiger partial charge is 0.368 e. The Labute approximate surface area is 100 Å². The van der Waals surface area contributed by atoms with Crippen molar-refractivity contribution < 1.29 is 9.53 Å². The molecule has 4 nitrogen and oxygen atoms in total. The van der Waals surface area contributed by atoms with E-state index in [9.17, 15) is 4.79 Å². The van der Waals surface area contributed by atoms with E-state index in [2.05, 4.69) is 5.32 Å². The molecule has 1 aliphatic rings. The second-order valence-corrected chi connectivity index (χ2v) is 4.24. The molecule has 4 heteroatoms. The van der Waals surface area contributed by atoms with Gasteiger partial charge in [-0.1, -0.05) is 6.92 Å². The molecule has 1 N–H and O–H groups in total.